The van der Waals surface area contributed by atoms with Crippen molar-refractivity contribution in [3.8, 4) is 0 Å². The van der Waals surface area contributed by atoms with Crippen LogP contribution in [0.2, 0.25) is 0 Å². The first-order valence-corrected chi connectivity index (χ1v) is 10.4. The van der Waals surface area contributed by atoms with E-state index in [0.717, 1.165) is 63.9 Å². The minimum absolute atomic E-state index is 0. The van der Waals surface area contributed by atoms with Crippen molar-refractivity contribution < 1.29 is 19.0 Å². The lowest BCUT2D eigenvalue weighted by Crippen LogP contribution is -2.36. The number of hydrogen-bond acceptors (Lipinski definition) is 6. The first-order valence-electron chi connectivity index (χ1n) is 9.64. The molecule has 0 radical (unpaired) electrons. The van der Waals surface area contributed by atoms with Crippen molar-refractivity contribution in [3.63, 3.8) is 0 Å². The van der Waals surface area contributed by atoms with Crippen molar-refractivity contribution >= 4 is 21.7 Å². The highest BCUT2D eigenvalue weighted by molar-refractivity contribution is 9.10. The Kier molecular flexibility index (Phi) is 12.6. The van der Waals surface area contributed by atoms with Gasteiger partial charge in [0, 0.05) is 13.1 Å². The number of nitrogens with one attached hydrogen (secondary N) is 1. The van der Waals surface area contributed by atoms with Crippen LogP contribution in [0, 0.1) is 11.6 Å². The Hall–Kier alpha value is -1.68. The van der Waals surface area contributed by atoms with Crippen molar-refractivity contribution in [1.29, 1.82) is 0 Å². The molecule has 2 saturated heterocycles. The fraction of sp³-hybridized carbons (Fsp3) is 0.524. The number of pyridine rings is 2. The summed E-state index contributed by atoms with van der Waals surface area (Å²) in [5, 5.41) is 21.3. The number of rotatable bonds is 1. The molecule has 0 atom stereocenters. The van der Waals surface area contributed by atoms with Crippen molar-refractivity contribution in [3.05, 3.63) is 52.9 Å². The van der Waals surface area contributed by atoms with Gasteiger partial charge in [-0.2, -0.15) is 0 Å². The molecule has 4 heterocycles. The van der Waals surface area contributed by atoms with Gasteiger partial charge in [0.1, 0.15) is 22.1 Å². The Morgan fingerprint density at radius 1 is 0.867 bits per heavy atom. The molecule has 0 bridgehead atoms. The van der Waals surface area contributed by atoms with Crippen molar-refractivity contribution in [2.75, 3.05) is 31.1 Å². The van der Waals surface area contributed by atoms with Gasteiger partial charge in [-0.15, -0.1) is 0 Å². The normalized spacial score (nSPS) is 17.0. The zero-order chi connectivity index (χ0) is 21.1. The van der Waals surface area contributed by atoms with Crippen LogP contribution in [0.4, 0.5) is 14.6 Å². The lowest BCUT2D eigenvalue weighted by Gasteiger charge is -2.30. The van der Waals surface area contributed by atoms with E-state index in [1.54, 1.807) is 12.1 Å². The molecule has 0 aliphatic carbocycles. The van der Waals surface area contributed by atoms with E-state index < -0.39 is 0 Å². The predicted octanol–water partition coefficient (Wildman–Crippen LogP) is 3.53. The molecule has 2 fully saturated rings. The summed E-state index contributed by atoms with van der Waals surface area (Å²) in [6.45, 7) is 3.56. The summed E-state index contributed by atoms with van der Waals surface area (Å²) in [6, 6.07) is 5.98. The van der Waals surface area contributed by atoms with Crippen LogP contribution in [-0.2, 0) is 0 Å². The summed E-state index contributed by atoms with van der Waals surface area (Å²) in [7, 11) is 0. The van der Waals surface area contributed by atoms with Gasteiger partial charge in [0.05, 0.1) is 24.6 Å². The smallest absolute Gasteiger partial charge is 0.141 e. The Labute approximate surface area is 185 Å². The van der Waals surface area contributed by atoms with Crippen LogP contribution in [-0.4, -0.2) is 58.6 Å². The number of halogens is 3. The standard InChI is InChI=1S/C10H13FN2O.C5H3BrFN.C5H11NO.CH4/c11-8-1-2-10(12-7-8)13-5-3-9(14)4-6-13;6-5-2-1-4(7)3-8-5;7-5-1-3-6-4-2-5;/h1-2,7,9,14H,3-6H2;1-3H;5-7H,1-4H2;1H4. The second kappa shape index (κ2) is 14.3. The summed E-state index contributed by atoms with van der Waals surface area (Å²) in [5.74, 6) is 0.164. The molecular weight excluding hydrogens is 458 g/mol. The van der Waals surface area contributed by atoms with Crippen LogP contribution in [0.15, 0.2) is 41.3 Å². The lowest BCUT2D eigenvalue weighted by molar-refractivity contribution is 0.137. The van der Waals surface area contributed by atoms with Crippen LogP contribution in [0.25, 0.3) is 0 Å². The van der Waals surface area contributed by atoms with Gasteiger partial charge in [-0.1, -0.05) is 7.43 Å². The van der Waals surface area contributed by atoms with Crippen LogP contribution < -0.4 is 10.2 Å². The van der Waals surface area contributed by atoms with E-state index in [2.05, 4.69) is 36.1 Å². The van der Waals surface area contributed by atoms with Gasteiger partial charge in [0.15, 0.2) is 0 Å². The molecule has 3 N–H and O–H groups in total. The third-order valence-electron chi connectivity index (χ3n) is 4.50. The van der Waals surface area contributed by atoms with Crippen LogP contribution in [0.5, 0.6) is 0 Å². The van der Waals surface area contributed by atoms with Crippen LogP contribution in [0.1, 0.15) is 33.1 Å². The number of nitrogens with zero attached hydrogens (tertiary/aromatic N) is 3. The molecule has 2 aromatic heterocycles. The molecule has 0 saturated carbocycles. The van der Waals surface area contributed by atoms with E-state index in [0.29, 0.717) is 4.60 Å². The summed E-state index contributed by atoms with van der Waals surface area (Å²) < 4.78 is 25.2. The SMILES string of the molecule is C.Fc1ccc(Br)nc1.OC1CCN(c2ccc(F)cn2)CC1.OC1CCNCC1. The minimum Gasteiger partial charge on any atom is -0.393 e. The fourth-order valence-electron chi connectivity index (χ4n) is 2.81. The topological polar surface area (TPSA) is 81.5 Å². The number of piperidine rings is 2. The zero-order valence-corrected chi connectivity index (χ0v) is 17.7. The lowest BCUT2D eigenvalue weighted by atomic mass is 10.1. The highest BCUT2D eigenvalue weighted by Crippen LogP contribution is 2.17. The minimum atomic E-state index is -0.314. The van der Waals surface area contributed by atoms with Gasteiger partial charge >= 0.3 is 0 Å². The summed E-state index contributed by atoms with van der Waals surface area (Å²) >= 11 is 3.07. The van der Waals surface area contributed by atoms with Gasteiger partial charge < -0.3 is 20.4 Å². The third kappa shape index (κ3) is 10.4. The molecule has 168 valence electrons. The molecule has 0 amide bonds. The summed E-state index contributed by atoms with van der Waals surface area (Å²) in [5.41, 5.74) is 0. The van der Waals surface area contributed by atoms with Crippen molar-refractivity contribution in [2.24, 2.45) is 0 Å². The van der Waals surface area contributed by atoms with Gasteiger partial charge in [-0.3, -0.25) is 0 Å². The number of anilines is 1. The molecule has 0 aromatic carbocycles. The predicted molar refractivity (Wildman–Crippen MR) is 118 cm³/mol. The highest BCUT2D eigenvalue weighted by atomic mass is 79.9. The number of aliphatic hydroxyl groups is 2. The molecule has 2 aliphatic rings. The van der Waals surface area contributed by atoms with E-state index in [1.807, 2.05) is 0 Å². The monoisotopic (exact) mass is 488 g/mol. The van der Waals surface area contributed by atoms with E-state index >= 15 is 0 Å². The first-order chi connectivity index (χ1) is 13.9. The molecule has 2 aromatic rings. The Morgan fingerprint density at radius 2 is 1.40 bits per heavy atom. The van der Waals surface area contributed by atoms with Crippen LogP contribution in [0.3, 0.4) is 0 Å². The second-order valence-electron chi connectivity index (χ2n) is 6.83. The van der Waals surface area contributed by atoms with Gasteiger partial charge in [-0.05, 0) is 79.0 Å². The highest BCUT2D eigenvalue weighted by Gasteiger charge is 2.17. The molecule has 4 rings (SSSR count). The first kappa shape index (κ1) is 26.4. The van der Waals surface area contributed by atoms with E-state index in [4.69, 9.17) is 5.11 Å². The largest absolute Gasteiger partial charge is 0.393 e. The van der Waals surface area contributed by atoms with Gasteiger partial charge in [0.2, 0.25) is 0 Å². The molecule has 9 heteroatoms. The fourth-order valence-corrected chi connectivity index (χ4v) is 3.05. The van der Waals surface area contributed by atoms with Crippen molar-refractivity contribution in [2.45, 2.75) is 45.3 Å². The van der Waals surface area contributed by atoms with Gasteiger partial charge in [0.25, 0.3) is 0 Å². The van der Waals surface area contributed by atoms with E-state index in [1.165, 1.54) is 18.3 Å². The Balaban J connectivity index is 0.000000241. The number of aliphatic hydroxyl groups excluding tert-OH is 2. The van der Waals surface area contributed by atoms with E-state index in [9.17, 15) is 13.9 Å². The quantitative estimate of drug-likeness (QED) is 0.532. The average molecular weight is 489 g/mol. The third-order valence-corrected chi connectivity index (χ3v) is 4.97. The molecule has 6 nitrogen and oxygen atoms in total. The maximum atomic E-state index is 12.6. The maximum absolute atomic E-state index is 12.6. The number of hydrogen-bond donors (Lipinski definition) is 3. The number of aromatic nitrogens is 2. The zero-order valence-electron chi connectivity index (χ0n) is 16.1. The van der Waals surface area contributed by atoms with Crippen LogP contribution >= 0.6 is 15.9 Å². The second-order valence-corrected chi connectivity index (χ2v) is 7.65. The molecule has 30 heavy (non-hydrogen) atoms. The molecule has 0 spiro atoms. The Morgan fingerprint density at radius 3 is 1.80 bits per heavy atom. The maximum Gasteiger partial charge on any atom is 0.141 e. The molecular formula is C21H31BrF2N4O2. The van der Waals surface area contributed by atoms with Gasteiger partial charge in [-0.25, -0.2) is 18.7 Å². The summed E-state index contributed by atoms with van der Waals surface area (Å²) in [4.78, 5) is 9.68. The van der Waals surface area contributed by atoms with E-state index in [-0.39, 0.29) is 31.3 Å². The molecule has 2 aliphatic heterocycles. The molecule has 0 unspecified atom stereocenters. The summed E-state index contributed by atoms with van der Waals surface area (Å²) in [6.07, 6.45) is 5.55. The average Bonchev–Trinajstić information content (AvgIpc) is 2.73. The Bertz CT molecular complexity index is 672. The van der Waals surface area contributed by atoms with Crippen molar-refractivity contribution in [1.82, 2.24) is 15.3 Å².